The maximum Gasteiger partial charge on any atom is 4.00 e. The van der Waals surface area contributed by atoms with Crippen molar-refractivity contribution in [3.05, 3.63) is 79.9 Å². The van der Waals surface area contributed by atoms with E-state index in [2.05, 4.69) is 20.6 Å². The first kappa shape index (κ1) is 48.7. The first-order valence-corrected chi connectivity index (χ1v) is 13.8. The van der Waals surface area contributed by atoms with Gasteiger partial charge in [0.25, 0.3) is 0 Å². The molecule has 47 heavy (non-hydrogen) atoms. The second-order valence-corrected chi connectivity index (χ2v) is 10.8. The molecule has 2 aromatic rings. The first-order valence-electron chi connectivity index (χ1n) is 13.8. The summed E-state index contributed by atoms with van der Waals surface area (Å²) in [6.07, 6.45) is 0. The Morgan fingerprint density at radius 1 is 0.447 bits per heavy atom. The van der Waals surface area contributed by atoms with Crippen LogP contribution in [0.1, 0.15) is 80.4 Å². The van der Waals surface area contributed by atoms with Crippen molar-refractivity contribution in [3.63, 3.8) is 0 Å². The van der Waals surface area contributed by atoms with Gasteiger partial charge in [-0.15, -0.1) is 0 Å². The quantitative estimate of drug-likeness (QED) is 0.0777. The fraction of sp³-hybridized carbons (Fsp3) is 0.533. The van der Waals surface area contributed by atoms with E-state index in [1.807, 2.05) is 27.7 Å². The predicted octanol–water partition coefficient (Wildman–Crippen LogP) is 7.37. The zero-order valence-corrected chi connectivity index (χ0v) is 29.3. The van der Waals surface area contributed by atoms with Crippen LogP contribution in [0.15, 0.2) is 9.98 Å². The molecule has 0 aromatic heterocycles. The minimum atomic E-state index is -2.31. The van der Waals surface area contributed by atoms with E-state index in [1.165, 1.54) is 41.5 Å². The minimum Gasteiger partial charge on any atom is -0.858 e. The maximum absolute atomic E-state index is 13.2. The molecular formula is C30H38F10N4O2Ti. The minimum absolute atomic E-state index is 0. The Balaban J connectivity index is -0.000000630. The van der Waals surface area contributed by atoms with Gasteiger partial charge in [-0.1, -0.05) is 27.7 Å². The van der Waals surface area contributed by atoms with E-state index in [0.717, 1.165) is 26.2 Å². The molecule has 0 fully saturated rings. The molecule has 264 valence electrons. The molecule has 0 aliphatic carbocycles. The summed E-state index contributed by atoms with van der Waals surface area (Å²) in [4.78, 5) is 6.68. The van der Waals surface area contributed by atoms with Crippen molar-refractivity contribution < 1.29 is 75.8 Å². The van der Waals surface area contributed by atoms with Gasteiger partial charge in [0.1, 0.15) is 0 Å². The zero-order valence-electron chi connectivity index (χ0n) is 27.7. The predicted molar refractivity (Wildman–Crippen MR) is 154 cm³/mol. The molecule has 6 nitrogen and oxygen atoms in total. The summed E-state index contributed by atoms with van der Waals surface area (Å²) in [6, 6.07) is 0. The van der Waals surface area contributed by atoms with Gasteiger partial charge >= 0.3 is 21.7 Å². The van der Waals surface area contributed by atoms with E-state index in [9.17, 15) is 54.1 Å². The summed E-state index contributed by atoms with van der Waals surface area (Å²) < 4.78 is 130. The molecule has 0 heterocycles. The molecule has 0 radical (unpaired) electrons. The molecule has 0 aliphatic rings. The normalized spacial score (nSPS) is 11.7. The number of hydrogen-bond donors (Lipinski definition) is 0. The molecule has 2 aromatic carbocycles. The van der Waals surface area contributed by atoms with Crippen LogP contribution in [0.4, 0.5) is 43.9 Å². The van der Waals surface area contributed by atoms with Crippen LogP contribution in [0, 0.1) is 58.2 Å². The summed E-state index contributed by atoms with van der Waals surface area (Å²) in [5.74, 6) is -25.0. The molecule has 0 atom stereocenters. The fourth-order valence-corrected chi connectivity index (χ4v) is 2.75. The standard InChI is InChI=1S/2C11H10F5NO.2C4H10N.Ti/c2*1-11(2,3)17-10(18)4-5(12)7(14)9(16)8(15)6(4)13;2*1-3-5-4-2;/h2*1-3H3,(H,17,18);2*3-4H2,1-2H3;/q;;2*-1;+4/p-2. The monoisotopic (exact) mass is 724 g/mol. The third kappa shape index (κ3) is 16.3. The van der Waals surface area contributed by atoms with Crippen molar-refractivity contribution in [2.24, 2.45) is 9.98 Å². The van der Waals surface area contributed by atoms with Crippen LogP contribution in [0.2, 0.25) is 0 Å². The van der Waals surface area contributed by atoms with Crippen molar-refractivity contribution in [3.8, 4) is 0 Å². The summed E-state index contributed by atoms with van der Waals surface area (Å²) in [5.41, 5.74) is -5.09. The van der Waals surface area contributed by atoms with Crippen LogP contribution in [0.3, 0.4) is 0 Å². The third-order valence-corrected chi connectivity index (χ3v) is 4.62. The Hall–Kier alpha value is -2.69. The molecule has 0 bridgehead atoms. The molecule has 0 N–H and O–H groups in total. The molecular weight excluding hydrogens is 686 g/mol. The van der Waals surface area contributed by atoms with Crippen molar-refractivity contribution in [2.45, 2.75) is 80.3 Å². The van der Waals surface area contributed by atoms with Gasteiger partial charge in [-0.2, -0.15) is 26.2 Å². The van der Waals surface area contributed by atoms with Gasteiger partial charge in [0.05, 0.1) is 22.2 Å². The number of halogens is 10. The number of nitrogens with zero attached hydrogens (tertiary/aromatic N) is 4. The summed E-state index contributed by atoms with van der Waals surface area (Å²) in [5, 5.41) is 30.8. The van der Waals surface area contributed by atoms with E-state index in [-0.39, 0.29) is 21.7 Å². The van der Waals surface area contributed by atoms with E-state index >= 15 is 0 Å². The Morgan fingerprint density at radius 3 is 0.745 bits per heavy atom. The number of aliphatic imine (C=N–C) groups is 2. The van der Waals surface area contributed by atoms with Gasteiger partial charge in [0, 0.05) is 0 Å². The van der Waals surface area contributed by atoms with Crippen LogP contribution in [-0.2, 0) is 21.7 Å². The second kappa shape index (κ2) is 22.0. The summed E-state index contributed by atoms with van der Waals surface area (Å²) >= 11 is 0. The van der Waals surface area contributed by atoms with Crippen molar-refractivity contribution in [1.82, 2.24) is 0 Å². The molecule has 0 saturated heterocycles. The molecule has 2 rings (SSSR count). The maximum atomic E-state index is 13.2. The number of rotatable bonds is 6. The van der Waals surface area contributed by atoms with Gasteiger partial charge in [0.2, 0.25) is 11.6 Å². The van der Waals surface area contributed by atoms with Gasteiger partial charge < -0.3 is 20.8 Å². The molecule has 0 saturated carbocycles. The largest absolute Gasteiger partial charge is 4.00 e. The van der Waals surface area contributed by atoms with E-state index in [0.29, 0.717) is 0 Å². The Morgan fingerprint density at radius 2 is 0.617 bits per heavy atom. The SMILES string of the molecule is CC(C)(C)N=C([O-])c1c(F)c(F)c(F)c(F)c1F.CC(C)(C)N=C([O-])c1c(F)c(F)c(F)c(F)c1F.CC[N-]CC.CC[N-]CC.[Ti+4]. The first-order chi connectivity index (χ1) is 20.9. The van der Waals surface area contributed by atoms with Crippen LogP contribution in [0.5, 0.6) is 0 Å². The average Bonchev–Trinajstić information content (AvgIpc) is 2.93. The third-order valence-electron chi connectivity index (χ3n) is 4.62. The molecule has 17 heteroatoms. The van der Waals surface area contributed by atoms with Gasteiger partial charge in [-0.05, 0) is 53.3 Å². The van der Waals surface area contributed by atoms with E-state index in [4.69, 9.17) is 0 Å². The number of benzene rings is 2. The van der Waals surface area contributed by atoms with E-state index in [1.54, 1.807) is 0 Å². The van der Waals surface area contributed by atoms with Crippen LogP contribution in [0.25, 0.3) is 10.6 Å². The Labute approximate surface area is 283 Å². The van der Waals surface area contributed by atoms with Crippen molar-refractivity contribution >= 4 is 11.8 Å². The van der Waals surface area contributed by atoms with Crippen molar-refractivity contribution in [2.75, 3.05) is 26.2 Å². The van der Waals surface area contributed by atoms with Gasteiger partial charge in [-0.25, -0.2) is 43.9 Å². The number of hydrogen-bond acceptors (Lipinski definition) is 4. The molecule has 0 spiro atoms. The average molecular weight is 725 g/mol. The van der Waals surface area contributed by atoms with Crippen molar-refractivity contribution in [1.29, 1.82) is 0 Å². The van der Waals surface area contributed by atoms with Gasteiger partial charge in [0.15, 0.2) is 46.5 Å². The summed E-state index contributed by atoms with van der Waals surface area (Å²) in [7, 11) is 0. The van der Waals surface area contributed by atoms with Gasteiger partial charge in [-0.3, -0.25) is 9.98 Å². The Bertz CT molecular complexity index is 1180. The fourth-order valence-electron chi connectivity index (χ4n) is 2.75. The van der Waals surface area contributed by atoms with Crippen LogP contribution < -0.4 is 10.2 Å². The second-order valence-electron chi connectivity index (χ2n) is 10.8. The smallest absolute Gasteiger partial charge is 0.858 e. The summed E-state index contributed by atoms with van der Waals surface area (Å²) in [6.45, 7) is 20.7. The molecule has 0 aliphatic heterocycles. The molecule has 0 unspecified atom stereocenters. The zero-order chi connectivity index (χ0) is 36.7. The topological polar surface area (TPSA) is 99.0 Å². The van der Waals surface area contributed by atoms with Crippen LogP contribution in [-0.4, -0.2) is 49.1 Å². The Kier molecular flexibility index (Phi) is 22.8. The van der Waals surface area contributed by atoms with E-state index < -0.39 is 92.2 Å². The molecule has 0 amide bonds. The van der Waals surface area contributed by atoms with Crippen LogP contribution >= 0.6 is 0 Å².